The zero-order valence-electron chi connectivity index (χ0n) is 10.1. The van der Waals surface area contributed by atoms with E-state index >= 15 is 0 Å². The van der Waals surface area contributed by atoms with Crippen molar-refractivity contribution in [1.29, 1.82) is 0 Å². The normalized spacial score (nSPS) is 12.7. The van der Waals surface area contributed by atoms with Crippen LogP contribution in [0.1, 0.15) is 24.2 Å². The van der Waals surface area contributed by atoms with Crippen LogP contribution in [0, 0.1) is 11.6 Å². The number of halogens is 2. The van der Waals surface area contributed by atoms with Gasteiger partial charge in [0.15, 0.2) is 0 Å². The van der Waals surface area contributed by atoms with E-state index in [-0.39, 0.29) is 12.0 Å². The Kier molecular flexibility index (Phi) is 3.72. The van der Waals surface area contributed by atoms with Gasteiger partial charge in [0.2, 0.25) is 0 Å². The highest BCUT2D eigenvalue weighted by Crippen LogP contribution is 2.20. The van der Waals surface area contributed by atoms with Crippen molar-refractivity contribution in [3.05, 3.63) is 53.4 Å². The van der Waals surface area contributed by atoms with E-state index < -0.39 is 17.7 Å². The number of benzene rings is 1. The Balaban J connectivity index is 2.24. The molecule has 2 rings (SSSR count). The quantitative estimate of drug-likeness (QED) is 0.907. The van der Waals surface area contributed by atoms with Gasteiger partial charge in [0.1, 0.15) is 11.6 Å². The highest BCUT2D eigenvalue weighted by atomic mass is 19.1. The molecule has 0 saturated heterocycles. The largest absolute Gasteiger partial charge is 0.322 e. The van der Waals surface area contributed by atoms with Crippen LogP contribution in [0.3, 0.4) is 0 Å². The van der Waals surface area contributed by atoms with Crippen molar-refractivity contribution < 1.29 is 8.78 Å². The molecule has 2 N–H and O–H groups in total. The molecule has 0 fully saturated rings. The third-order valence-corrected chi connectivity index (χ3v) is 2.91. The van der Waals surface area contributed by atoms with E-state index in [0.29, 0.717) is 6.54 Å². The minimum atomic E-state index is -0.562. The van der Waals surface area contributed by atoms with Crippen LogP contribution in [0.4, 0.5) is 8.78 Å². The van der Waals surface area contributed by atoms with Gasteiger partial charge in [-0.15, -0.1) is 0 Å². The smallest absolute Gasteiger partial charge is 0.129 e. The first kappa shape index (κ1) is 12.7. The molecule has 2 aromatic rings. The number of hydrogen-bond donors (Lipinski definition) is 1. The monoisotopic (exact) mass is 251 g/mol. The minimum absolute atomic E-state index is 0.0221. The van der Waals surface area contributed by atoms with Crippen LogP contribution < -0.4 is 5.73 Å². The molecule has 0 saturated carbocycles. The SMILES string of the molecule is CCn1nccc1C(N)Cc1c(F)cccc1F. The number of rotatable bonds is 4. The summed E-state index contributed by atoms with van der Waals surface area (Å²) >= 11 is 0. The fourth-order valence-corrected chi connectivity index (χ4v) is 1.97. The molecule has 5 heteroatoms. The summed E-state index contributed by atoms with van der Waals surface area (Å²) in [7, 11) is 0. The van der Waals surface area contributed by atoms with Gasteiger partial charge in [-0.3, -0.25) is 4.68 Å². The summed E-state index contributed by atoms with van der Waals surface area (Å²) in [5, 5.41) is 4.09. The van der Waals surface area contributed by atoms with Crippen molar-refractivity contribution in [3.8, 4) is 0 Å². The van der Waals surface area contributed by atoms with Crippen molar-refractivity contribution in [1.82, 2.24) is 9.78 Å². The molecule has 3 nitrogen and oxygen atoms in total. The molecule has 0 spiro atoms. The van der Waals surface area contributed by atoms with Crippen LogP contribution in [-0.2, 0) is 13.0 Å². The summed E-state index contributed by atoms with van der Waals surface area (Å²) in [6.45, 7) is 2.61. The Morgan fingerprint density at radius 1 is 1.28 bits per heavy atom. The second-order valence-electron chi connectivity index (χ2n) is 4.08. The highest BCUT2D eigenvalue weighted by molar-refractivity contribution is 5.22. The molecular weight excluding hydrogens is 236 g/mol. The number of nitrogens with two attached hydrogens (primary N) is 1. The summed E-state index contributed by atoms with van der Waals surface area (Å²) in [5.74, 6) is -1.12. The van der Waals surface area contributed by atoms with Crippen LogP contribution in [0.5, 0.6) is 0 Å². The molecule has 0 bridgehead atoms. The molecule has 18 heavy (non-hydrogen) atoms. The topological polar surface area (TPSA) is 43.8 Å². The predicted octanol–water partition coefficient (Wildman–Crippen LogP) is 2.42. The summed E-state index contributed by atoms with van der Waals surface area (Å²) < 4.78 is 28.8. The number of hydrogen-bond acceptors (Lipinski definition) is 2. The van der Waals surface area contributed by atoms with Crippen molar-refractivity contribution in [2.24, 2.45) is 5.73 Å². The van der Waals surface area contributed by atoms with Gasteiger partial charge in [-0.2, -0.15) is 5.10 Å². The van der Waals surface area contributed by atoms with Crippen molar-refractivity contribution in [2.45, 2.75) is 25.9 Å². The first-order valence-electron chi connectivity index (χ1n) is 5.83. The van der Waals surface area contributed by atoms with Gasteiger partial charge in [-0.25, -0.2) is 8.78 Å². The summed E-state index contributed by atoms with van der Waals surface area (Å²) in [6, 6.07) is 5.12. The van der Waals surface area contributed by atoms with Crippen molar-refractivity contribution >= 4 is 0 Å². The number of nitrogens with zero attached hydrogens (tertiary/aromatic N) is 2. The Bertz CT molecular complexity index is 517. The number of aryl methyl sites for hydroxylation is 1. The van der Waals surface area contributed by atoms with Crippen LogP contribution >= 0.6 is 0 Å². The van der Waals surface area contributed by atoms with E-state index in [0.717, 1.165) is 5.69 Å². The lowest BCUT2D eigenvalue weighted by Gasteiger charge is -2.14. The zero-order chi connectivity index (χ0) is 13.1. The van der Waals surface area contributed by atoms with Gasteiger partial charge in [0.05, 0.1) is 11.7 Å². The average molecular weight is 251 g/mol. The van der Waals surface area contributed by atoms with Gasteiger partial charge in [-0.1, -0.05) is 6.07 Å². The maximum absolute atomic E-state index is 13.5. The second-order valence-corrected chi connectivity index (χ2v) is 4.08. The fraction of sp³-hybridized carbons (Fsp3) is 0.308. The maximum atomic E-state index is 13.5. The van der Waals surface area contributed by atoms with E-state index in [1.807, 2.05) is 6.92 Å². The first-order chi connectivity index (χ1) is 8.63. The van der Waals surface area contributed by atoms with Gasteiger partial charge in [0, 0.05) is 18.3 Å². The number of aromatic nitrogens is 2. The second kappa shape index (κ2) is 5.27. The highest BCUT2D eigenvalue weighted by Gasteiger charge is 2.16. The van der Waals surface area contributed by atoms with Crippen LogP contribution in [-0.4, -0.2) is 9.78 Å². The summed E-state index contributed by atoms with van der Waals surface area (Å²) in [6.07, 6.45) is 1.75. The molecular formula is C13H15F2N3. The molecule has 0 amide bonds. The van der Waals surface area contributed by atoms with Gasteiger partial charge in [0.25, 0.3) is 0 Å². The van der Waals surface area contributed by atoms with E-state index in [9.17, 15) is 8.78 Å². The standard InChI is InChI=1S/C13H15F2N3/c1-2-18-13(6-7-17-18)12(16)8-9-10(14)4-3-5-11(9)15/h3-7,12H,2,8,16H2,1H3. The van der Waals surface area contributed by atoms with Crippen molar-refractivity contribution in [2.75, 3.05) is 0 Å². The molecule has 0 aliphatic heterocycles. The van der Waals surface area contributed by atoms with Crippen molar-refractivity contribution in [3.63, 3.8) is 0 Å². The molecule has 1 aromatic heterocycles. The summed E-state index contributed by atoms with van der Waals surface area (Å²) in [5.41, 5.74) is 6.79. The van der Waals surface area contributed by atoms with E-state index in [1.54, 1.807) is 16.9 Å². The Hall–Kier alpha value is -1.75. The molecule has 1 unspecified atom stereocenters. The lowest BCUT2D eigenvalue weighted by molar-refractivity contribution is 0.520. The maximum Gasteiger partial charge on any atom is 0.129 e. The molecule has 0 aliphatic carbocycles. The average Bonchev–Trinajstić information content (AvgIpc) is 2.82. The Morgan fingerprint density at radius 2 is 1.94 bits per heavy atom. The Morgan fingerprint density at radius 3 is 2.56 bits per heavy atom. The van der Waals surface area contributed by atoms with Gasteiger partial charge >= 0.3 is 0 Å². The predicted molar refractivity (Wildman–Crippen MR) is 64.9 cm³/mol. The fourth-order valence-electron chi connectivity index (χ4n) is 1.97. The molecule has 0 radical (unpaired) electrons. The molecule has 96 valence electrons. The summed E-state index contributed by atoms with van der Waals surface area (Å²) in [4.78, 5) is 0. The van der Waals surface area contributed by atoms with E-state index in [1.165, 1.54) is 18.2 Å². The zero-order valence-corrected chi connectivity index (χ0v) is 10.1. The Labute approximate surface area is 104 Å². The lowest BCUT2D eigenvalue weighted by Crippen LogP contribution is -2.19. The lowest BCUT2D eigenvalue weighted by atomic mass is 10.0. The van der Waals surface area contributed by atoms with Crippen LogP contribution in [0.2, 0.25) is 0 Å². The van der Waals surface area contributed by atoms with Gasteiger partial charge in [-0.05, 0) is 31.5 Å². The van der Waals surface area contributed by atoms with Crippen LogP contribution in [0.25, 0.3) is 0 Å². The minimum Gasteiger partial charge on any atom is -0.322 e. The third-order valence-electron chi connectivity index (χ3n) is 2.91. The van der Waals surface area contributed by atoms with Crippen LogP contribution in [0.15, 0.2) is 30.5 Å². The molecule has 1 aromatic carbocycles. The van der Waals surface area contributed by atoms with E-state index in [4.69, 9.17) is 5.73 Å². The van der Waals surface area contributed by atoms with Gasteiger partial charge < -0.3 is 5.73 Å². The van der Waals surface area contributed by atoms with E-state index in [2.05, 4.69) is 5.10 Å². The first-order valence-corrected chi connectivity index (χ1v) is 5.83. The molecule has 0 aliphatic rings. The molecule has 1 heterocycles. The third kappa shape index (κ3) is 2.41. The molecule has 1 atom stereocenters.